The summed E-state index contributed by atoms with van der Waals surface area (Å²) in [5.74, 6) is 0.0362. The minimum absolute atomic E-state index is 0.0593. The van der Waals surface area contributed by atoms with Crippen LogP contribution < -0.4 is 0 Å². The molecule has 2 aromatic carbocycles. The van der Waals surface area contributed by atoms with Crippen LogP contribution in [0.15, 0.2) is 54.6 Å². The fourth-order valence-corrected chi connectivity index (χ4v) is 4.42. The molecule has 3 nitrogen and oxygen atoms in total. The van der Waals surface area contributed by atoms with E-state index in [9.17, 15) is 9.18 Å². The summed E-state index contributed by atoms with van der Waals surface area (Å²) >= 11 is 1.75. The number of likely N-dealkylation sites (tertiary alicyclic amines) is 1. The van der Waals surface area contributed by atoms with Crippen LogP contribution in [-0.2, 0) is 4.79 Å². The Morgan fingerprint density at radius 1 is 1.12 bits per heavy atom. The summed E-state index contributed by atoms with van der Waals surface area (Å²) in [7, 11) is 0. The van der Waals surface area contributed by atoms with Crippen molar-refractivity contribution in [3.8, 4) is 0 Å². The second kappa shape index (κ2) is 7.38. The number of aromatic nitrogens is 1. The molecule has 26 heavy (non-hydrogen) atoms. The number of carbonyl (C=O) groups is 1. The van der Waals surface area contributed by atoms with Gasteiger partial charge in [0, 0.05) is 30.6 Å². The maximum Gasteiger partial charge on any atom is 0.246 e. The first-order valence-corrected chi connectivity index (χ1v) is 9.59. The molecule has 5 heteroatoms. The third kappa shape index (κ3) is 3.53. The highest BCUT2D eigenvalue weighted by Gasteiger charge is 2.25. The number of hydrogen-bond acceptors (Lipinski definition) is 3. The van der Waals surface area contributed by atoms with Crippen molar-refractivity contribution in [2.24, 2.45) is 0 Å². The third-order valence-corrected chi connectivity index (χ3v) is 5.98. The Morgan fingerprint density at radius 2 is 1.85 bits per heavy atom. The van der Waals surface area contributed by atoms with Crippen LogP contribution in [0, 0.1) is 5.82 Å². The number of hydrogen-bond donors (Lipinski definition) is 0. The summed E-state index contributed by atoms with van der Waals surface area (Å²) in [4.78, 5) is 19.0. The van der Waals surface area contributed by atoms with Gasteiger partial charge >= 0.3 is 0 Å². The fraction of sp³-hybridized carbons (Fsp3) is 0.238. The van der Waals surface area contributed by atoms with Crippen LogP contribution in [0.5, 0.6) is 0 Å². The second-order valence-electron chi connectivity index (χ2n) is 6.47. The highest BCUT2D eigenvalue weighted by Crippen LogP contribution is 2.33. The lowest BCUT2D eigenvalue weighted by molar-refractivity contribution is -0.126. The van der Waals surface area contributed by atoms with Gasteiger partial charge in [0.1, 0.15) is 5.82 Å². The van der Waals surface area contributed by atoms with E-state index in [1.807, 2.05) is 23.1 Å². The van der Waals surface area contributed by atoms with Crippen molar-refractivity contribution < 1.29 is 9.18 Å². The van der Waals surface area contributed by atoms with Crippen molar-refractivity contribution in [2.45, 2.75) is 18.8 Å². The van der Waals surface area contributed by atoms with Gasteiger partial charge in [-0.3, -0.25) is 4.79 Å². The average molecular weight is 366 g/mol. The smallest absolute Gasteiger partial charge is 0.246 e. The lowest BCUT2D eigenvalue weighted by Crippen LogP contribution is -2.36. The summed E-state index contributed by atoms with van der Waals surface area (Å²) in [5, 5.41) is 1.17. The van der Waals surface area contributed by atoms with Crippen molar-refractivity contribution in [1.29, 1.82) is 0 Å². The quantitative estimate of drug-likeness (QED) is 0.621. The summed E-state index contributed by atoms with van der Waals surface area (Å²) in [5.41, 5.74) is 1.49. The minimum Gasteiger partial charge on any atom is -0.339 e. The van der Waals surface area contributed by atoms with Gasteiger partial charge in [-0.25, -0.2) is 9.37 Å². The first kappa shape index (κ1) is 16.9. The topological polar surface area (TPSA) is 33.2 Å². The number of nitrogens with zero attached hydrogens (tertiary/aromatic N) is 2. The van der Waals surface area contributed by atoms with Crippen LogP contribution in [0.2, 0.25) is 0 Å². The molecule has 1 aliphatic rings. The van der Waals surface area contributed by atoms with Crippen molar-refractivity contribution in [3.63, 3.8) is 0 Å². The maximum atomic E-state index is 13.6. The van der Waals surface area contributed by atoms with Crippen LogP contribution >= 0.6 is 11.3 Å². The van der Waals surface area contributed by atoms with Crippen LogP contribution in [0.3, 0.4) is 0 Å². The number of carbonyl (C=O) groups excluding carboxylic acids is 1. The van der Waals surface area contributed by atoms with Crippen LogP contribution in [0.4, 0.5) is 4.39 Å². The van der Waals surface area contributed by atoms with Gasteiger partial charge < -0.3 is 4.90 Å². The van der Waals surface area contributed by atoms with Crippen molar-refractivity contribution in [3.05, 3.63) is 71.0 Å². The fourth-order valence-electron chi connectivity index (χ4n) is 3.29. The van der Waals surface area contributed by atoms with Crippen molar-refractivity contribution in [1.82, 2.24) is 9.88 Å². The van der Waals surface area contributed by atoms with E-state index in [1.54, 1.807) is 35.6 Å². The van der Waals surface area contributed by atoms with E-state index in [4.69, 9.17) is 4.98 Å². The Balaban J connectivity index is 1.38. The van der Waals surface area contributed by atoms with Crippen LogP contribution in [-0.4, -0.2) is 28.9 Å². The normalized spacial score (nSPS) is 15.8. The predicted octanol–water partition coefficient (Wildman–Crippen LogP) is 4.85. The number of halogens is 1. The lowest BCUT2D eigenvalue weighted by atomic mass is 9.97. The Hall–Kier alpha value is -2.53. The Morgan fingerprint density at radius 3 is 2.62 bits per heavy atom. The number of amides is 1. The molecule has 0 bridgehead atoms. The van der Waals surface area contributed by atoms with Gasteiger partial charge in [0.25, 0.3) is 0 Å². The van der Waals surface area contributed by atoms with Crippen molar-refractivity contribution in [2.75, 3.05) is 13.1 Å². The summed E-state index contributed by atoms with van der Waals surface area (Å²) in [6.07, 6.45) is 4.85. The molecule has 1 saturated heterocycles. The molecule has 0 aliphatic carbocycles. The largest absolute Gasteiger partial charge is 0.339 e. The van der Waals surface area contributed by atoms with Gasteiger partial charge in [-0.15, -0.1) is 11.3 Å². The Bertz CT molecular complexity index is 924. The van der Waals surface area contributed by atoms with Crippen LogP contribution in [0.25, 0.3) is 16.3 Å². The van der Waals surface area contributed by atoms with Gasteiger partial charge in [-0.1, -0.05) is 30.3 Å². The zero-order chi connectivity index (χ0) is 17.9. The third-order valence-electron chi connectivity index (χ3n) is 4.78. The first-order chi connectivity index (χ1) is 12.7. The highest BCUT2D eigenvalue weighted by atomic mass is 32.1. The number of piperidine rings is 1. The molecule has 0 spiro atoms. The van der Waals surface area contributed by atoms with E-state index in [2.05, 4.69) is 6.07 Å². The predicted molar refractivity (Wildman–Crippen MR) is 104 cm³/mol. The second-order valence-corrected chi connectivity index (χ2v) is 7.54. The number of thiazole rings is 1. The van der Waals surface area contributed by atoms with Gasteiger partial charge in [-0.2, -0.15) is 0 Å². The maximum absolute atomic E-state index is 13.6. The molecule has 1 amide bonds. The van der Waals surface area contributed by atoms with Gasteiger partial charge in [0.2, 0.25) is 5.91 Å². The minimum atomic E-state index is -0.314. The molecule has 1 aliphatic heterocycles. The first-order valence-electron chi connectivity index (χ1n) is 8.78. The zero-order valence-electron chi connectivity index (χ0n) is 14.3. The molecule has 0 atom stereocenters. The molecule has 0 N–H and O–H groups in total. The molecule has 1 aromatic heterocycles. The van der Waals surface area contributed by atoms with Gasteiger partial charge in [0.15, 0.2) is 0 Å². The number of para-hydroxylation sites is 1. The molecule has 0 radical (unpaired) electrons. The van der Waals surface area contributed by atoms with Gasteiger partial charge in [-0.05, 0) is 37.1 Å². The summed E-state index contributed by atoms with van der Waals surface area (Å²) in [6, 6.07) is 14.6. The lowest BCUT2D eigenvalue weighted by Gasteiger charge is -2.30. The molecule has 3 aromatic rings. The van der Waals surface area contributed by atoms with Crippen LogP contribution in [0.1, 0.15) is 29.3 Å². The number of benzene rings is 2. The molecule has 0 saturated carbocycles. The van der Waals surface area contributed by atoms with Crippen molar-refractivity contribution >= 4 is 33.5 Å². The summed E-state index contributed by atoms with van der Waals surface area (Å²) < 4.78 is 14.8. The summed E-state index contributed by atoms with van der Waals surface area (Å²) in [6.45, 7) is 1.42. The number of fused-ring (bicyclic) bond motifs is 1. The molecule has 0 unspecified atom stereocenters. The molecule has 4 rings (SSSR count). The van der Waals surface area contributed by atoms with E-state index in [0.717, 1.165) is 18.4 Å². The number of rotatable bonds is 3. The highest BCUT2D eigenvalue weighted by molar-refractivity contribution is 7.18. The SMILES string of the molecule is O=C(/C=C/c1ccccc1F)N1CCC(c2nc3ccccc3s2)CC1. The molecule has 132 valence electrons. The van der Waals surface area contributed by atoms with E-state index in [-0.39, 0.29) is 11.7 Å². The molecule has 2 heterocycles. The van der Waals surface area contributed by atoms with Gasteiger partial charge in [0.05, 0.1) is 15.2 Å². The zero-order valence-corrected chi connectivity index (χ0v) is 15.1. The molecular weight excluding hydrogens is 347 g/mol. The average Bonchev–Trinajstić information content (AvgIpc) is 3.11. The van der Waals surface area contributed by atoms with E-state index in [0.29, 0.717) is 24.6 Å². The monoisotopic (exact) mass is 366 g/mol. The molecular formula is C21H19FN2OS. The Labute approximate surface area is 155 Å². The molecule has 1 fully saturated rings. The van der Waals surface area contributed by atoms with E-state index >= 15 is 0 Å². The standard InChI is InChI=1S/C21H19FN2OS/c22-17-6-2-1-5-15(17)9-10-20(25)24-13-11-16(12-14-24)21-23-18-7-3-4-8-19(18)26-21/h1-10,16H,11-14H2/b10-9+. The van der Waals surface area contributed by atoms with E-state index in [1.165, 1.54) is 21.8 Å². The van der Waals surface area contributed by atoms with E-state index < -0.39 is 0 Å². The Kier molecular flexibility index (Phi) is 4.80.